The summed E-state index contributed by atoms with van der Waals surface area (Å²) in [5.74, 6) is 0. The van der Waals surface area contributed by atoms with Gasteiger partial charge in [0.15, 0.2) is 0 Å². The molecular weight excluding hydrogens is 781 g/mol. The van der Waals surface area contributed by atoms with E-state index in [2.05, 4.69) is 183 Å². The number of hydrogen-bond acceptors (Lipinski definition) is 0. The van der Waals surface area contributed by atoms with Crippen molar-refractivity contribution in [1.82, 2.24) is 0 Å². The third kappa shape index (κ3) is 41.8. The van der Waals surface area contributed by atoms with Gasteiger partial charge in [0.2, 0.25) is 0 Å². The largest absolute Gasteiger partial charge is 0.0887 e. The van der Waals surface area contributed by atoms with Crippen LogP contribution in [0.25, 0.3) is 0 Å². The first-order valence-corrected chi connectivity index (χ1v) is 26.5. The molecule has 0 nitrogen and oxygen atoms in total. The molecule has 0 aromatic carbocycles. The molecular formula is C65H106. The summed E-state index contributed by atoms with van der Waals surface area (Å²) >= 11 is 0. The molecule has 0 saturated carbocycles. The molecule has 0 fully saturated rings. The number of allylic oxidation sites excluding steroid dienone is 26. The summed E-state index contributed by atoms with van der Waals surface area (Å²) in [5, 5.41) is 0. The highest BCUT2D eigenvalue weighted by molar-refractivity contribution is 5.12. The van der Waals surface area contributed by atoms with Crippen molar-refractivity contribution in [2.24, 2.45) is 0 Å². The third-order valence-corrected chi connectivity index (χ3v) is 12.9. The van der Waals surface area contributed by atoms with E-state index in [-0.39, 0.29) is 0 Å². The quantitative estimate of drug-likeness (QED) is 0.0550. The van der Waals surface area contributed by atoms with Crippen molar-refractivity contribution >= 4 is 0 Å². The Labute approximate surface area is 407 Å². The van der Waals surface area contributed by atoms with Crippen LogP contribution in [0.2, 0.25) is 0 Å². The summed E-state index contributed by atoms with van der Waals surface area (Å²) in [6, 6.07) is 0. The van der Waals surface area contributed by atoms with Crippen molar-refractivity contribution < 1.29 is 0 Å². The minimum atomic E-state index is 1.16. The molecule has 0 heterocycles. The van der Waals surface area contributed by atoms with Crippen molar-refractivity contribution in [3.8, 4) is 0 Å². The third-order valence-electron chi connectivity index (χ3n) is 12.9. The molecule has 0 aromatic rings. The van der Waals surface area contributed by atoms with Gasteiger partial charge >= 0.3 is 0 Å². The lowest BCUT2D eigenvalue weighted by atomic mass is 10.0. The van der Waals surface area contributed by atoms with E-state index in [1.807, 2.05) is 0 Å². The van der Waals surface area contributed by atoms with E-state index in [1.54, 1.807) is 0 Å². The highest BCUT2D eigenvalue weighted by Crippen LogP contribution is 2.19. The zero-order valence-corrected chi connectivity index (χ0v) is 46.0. The molecule has 0 radical (unpaired) electrons. The highest BCUT2D eigenvalue weighted by Gasteiger charge is 1.99. The van der Waals surface area contributed by atoms with E-state index >= 15 is 0 Å². The van der Waals surface area contributed by atoms with Gasteiger partial charge in [0.25, 0.3) is 0 Å². The van der Waals surface area contributed by atoms with E-state index in [4.69, 9.17) is 0 Å². The molecule has 0 unspecified atom stereocenters. The van der Waals surface area contributed by atoms with Crippen LogP contribution in [-0.2, 0) is 0 Å². The lowest BCUT2D eigenvalue weighted by Gasteiger charge is -2.04. The Bertz CT molecular complexity index is 1710. The van der Waals surface area contributed by atoms with E-state index in [0.717, 1.165) is 51.4 Å². The molecule has 0 amide bonds. The van der Waals surface area contributed by atoms with Crippen LogP contribution >= 0.6 is 0 Å². The lowest BCUT2D eigenvalue weighted by molar-refractivity contribution is 0.878. The molecule has 0 aromatic heterocycles. The average molecular weight is 888 g/mol. The summed E-state index contributed by atoms with van der Waals surface area (Å²) in [6.45, 7) is 34.1. The fourth-order valence-electron chi connectivity index (χ4n) is 7.86. The molecule has 0 bridgehead atoms. The van der Waals surface area contributed by atoms with Crippen LogP contribution in [-0.4, -0.2) is 0 Å². The lowest BCUT2D eigenvalue weighted by Crippen LogP contribution is -1.84. The monoisotopic (exact) mass is 887 g/mol. The van der Waals surface area contributed by atoms with Crippen LogP contribution < -0.4 is 0 Å². The second-order valence-electron chi connectivity index (χ2n) is 20.4. The van der Waals surface area contributed by atoms with Crippen LogP contribution in [0, 0.1) is 0 Å². The van der Waals surface area contributed by atoms with E-state index in [0.29, 0.717) is 0 Å². The van der Waals surface area contributed by atoms with Gasteiger partial charge in [-0.1, -0.05) is 151 Å². The first-order valence-electron chi connectivity index (χ1n) is 26.5. The first kappa shape index (κ1) is 61.6. The summed E-state index contributed by atoms with van der Waals surface area (Å²) in [5.41, 5.74) is 19.8. The molecule has 0 rings (SSSR count). The van der Waals surface area contributed by atoms with E-state index in [1.165, 1.54) is 175 Å². The molecule has 0 aliphatic heterocycles. The molecule has 0 atom stereocenters. The van der Waals surface area contributed by atoms with Crippen LogP contribution in [0.15, 0.2) is 151 Å². The molecule has 65 heavy (non-hydrogen) atoms. The zero-order valence-electron chi connectivity index (χ0n) is 46.0. The maximum atomic E-state index is 2.48. The number of rotatable bonds is 36. The Kier molecular flexibility index (Phi) is 38.7. The minimum absolute atomic E-state index is 1.16. The topological polar surface area (TPSA) is 0 Å². The van der Waals surface area contributed by atoms with Crippen molar-refractivity contribution in [1.29, 1.82) is 0 Å². The highest BCUT2D eigenvalue weighted by atomic mass is 14.1. The summed E-state index contributed by atoms with van der Waals surface area (Å²) in [6.07, 6.45) is 59.8. The fraction of sp³-hybridized carbons (Fsp3) is 0.600. The molecule has 366 valence electrons. The molecule has 0 spiro atoms. The van der Waals surface area contributed by atoms with Gasteiger partial charge in [0, 0.05) is 0 Å². The Hall–Kier alpha value is -3.38. The van der Waals surface area contributed by atoms with Crippen molar-refractivity contribution in [2.45, 2.75) is 258 Å². The summed E-state index contributed by atoms with van der Waals surface area (Å²) in [7, 11) is 0. The second kappa shape index (κ2) is 40.9. The summed E-state index contributed by atoms with van der Waals surface area (Å²) in [4.78, 5) is 0. The standard InChI is InChI=1S/C65H106/c1-16-54(4)30-18-32-56(6)34-20-36-58(8)38-22-40-60(10)42-24-44-62(12)46-26-48-64(14)50-28-52-65(15)51-27-49-63(13)47-25-45-61(11)43-23-41-59(9)39-21-37-57(7)35-19-33-55(5)31-17-29-53(2)3/h16,29,32-33,36-37,40-41,44-45,48-49,52H,17-28,30-31,34-35,38-39,42-43,46-47,50-51H2,1-15H3/b54-16+,55-33+,56-32+,57-37+,58-36+,59-41+,60-40+,61-45+,62-44+,63-49+,64-48+,65-52+. The van der Waals surface area contributed by atoms with Gasteiger partial charge in [-0.2, -0.15) is 0 Å². The predicted molar refractivity (Wildman–Crippen MR) is 301 cm³/mol. The van der Waals surface area contributed by atoms with Crippen molar-refractivity contribution in [3.63, 3.8) is 0 Å². The molecule has 0 aliphatic rings. The Morgan fingerprint density at radius 1 is 0.185 bits per heavy atom. The van der Waals surface area contributed by atoms with E-state index < -0.39 is 0 Å². The second-order valence-corrected chi connectivity index (χ2v) is 20.4. The van der Waals surface area contributed by atoms with Gasteiger partial charge < -0.3 is 0 Å². The van der Waals surface area contributed by atoms with Crippen LogP contribution in [0.5, 0.6) is 0 Å². The van der Waals surface area contributed by atoms with Crippen LogP contribution in [0.4, 0.5) is 0 Å². The Morgan fingerprint density at radius 2 is 0.308 bits per heavy atom. The van der Waals surface area contributed by atoms with Crippen molar-refractivity contribution in [2.75, 3.05) is 0 Å². The first-order chi connectivity index (χ1) is 31.0. The molecule has 0 saturated heterocycles. The Balaban J connectivity index is 4.29. The molecule has 0 aliphatic carbocycles. The molecule has 0 N–H and O–H groups in total. The summed E-state index contributed by atoms with van der Waals surface area (Å²) < 4.78 is 0. The minimum Gasteiger partial charge on any atom is -0.0887 e. The van der Waals surface area contributed by atoms with Gasteiger partial charge in [-0.05, 0) is 258 Å². The van der Waals surface area contributed by atoms with Gasteiger partial charge in [-0.15, -0.1) is 0 Å². The van der Waals surface area contributed by atoms with Gasteiger partial charge in [-0.3, -0.25) is 0 Å². The van der Waals surface area contributed by atoms with Gasteiger partial charge in [0.1, 0.15) is 0 Å². The van der Waals surface area contributed by atoms with E-state index in [9.17, 15) is 0 Å². The smallest absolute Gasteiger partial charge is 0.0288 e. The maximum Gasteiger partial charge on any atom is -0.0288 e. The van der Waals surface area contributed by atoms with Crippen molar-refractivity contribution in [3.05, 3.63) is 151 Å². The van der Waals surface area contributed by atoms with Crippen LogP contribution in [0.1, 0.15) is 258 Å². The SMILES string of the molecule is C/C=C(\C)CC/C=C(\C)CC/C=C(\C)CC/C=C(\C)CC/C=C(\C)CC/C=C(\C)CC/C=C(\C)CC/C=C(\C)CC/C=C(\C)CC/C=C(\C)CC/C=C(\C)CC/C=C(\C)CCC=C(C)C. The Morgan fingerprint density at radius 3 is 0.431 bits per heavy atom. The van der Waals surface area contributed by atoms with Gasteiger partial charge in [-0.25, -0.2) is 0 Å². The predicted octanol–water partition coefficient (Wildman–Crippen LogP) is 22.7. The molecule has 0 heteroatoms. The normalized spacial score (nSPS) is 15.1. The average Bonchev–Trinajstić information content (AvgIpc) is 3.23. The van der Waals surface area contributed by atoms with Crippen LogP contribution in [0.3, 0.4) is 0 Å². The zero-order chi connectivity index (χ0) is 48.7. The number of hydrogen-bond donors (Lipinski definition) is 0. The maximum absolute atomic E-state index is 2.48. The van der Waals surface area contributed by atoms with Gasteiger partial charge in [0.05, 0.1) is 0 Å². The fourth-order valence-corrected chi connectivity index (χ4v) is 7.86.